The SMILES string of the molecule is C[C@H]1C[C@@H]1c1ccc2c(c1)N(CC(F)(F)C1CC1)C(=O)C21CC1. The average Bonchev–Trinajstić information content (AvgIpc) is 3.36. The molecule has 2 nitrogen and oxygen atoms in total. The van der Waals surface area contributed by atoms with Crippen LogP contribution in [-0.2, 0) is 10.2 Å². The number of carbonyl (C=O) groups excluding carboxylic acids is 1. The highest BCUT2D eigenvalue weighted by Crippen LogP contribution is 2.59. The van der Waals surface area contributed by atoms with Gasteiger partial charge < -0.3 is 4.90 Å². The van der Waals surface area contributed by atoms with Crippen LogP contribution in [0, 0.1) is 11.8 Å². The van der Waals surface area contributed by atoms with E-state index >= 15 is 0 Å². The van der Waals surface area contributed by atoms with Crippen LogP contribution in [0.5, 0.6) is 0 Å². The number of carbonyl (C=O) groups is 1. The molecule has 0 radical (unpaired) electrons. The number of alkyl halides is 2. The number of hydrogen-bond donors (Lipinski definition) is 0. The molecule has 0 aromatic heterocycles. The largest absolute Gasteiger partial charge is 0.305 e. The number of anilines is 1. The number of nitrogens with zero attached hydrogens (tertiary/aromatic N) is 1. The van der Waals surface area contributed by atoms with Crippen molar-refractivity contribution in [1.82, 2.24) is 0 Å². The molecule has 2 atom stereocenters. The standard InChI is InChI=1S/C19H21F2NO/c1-11-8-14(11)12-2-5-15-16(9-12)22(17(23)18(15)6-7-18)10-19(20,21)13-3-4-13/h2,5,9,11,13-14H,3-4,6-8,10H2,1H3/t11-,14-/m0/s1. The highest BCUT2D eigenvalue weighted by Gasteiger charge is 2.61. The van der Waals surface area contributed by atoms with Crippen LogP contribution in [0.15, 0.2) is 18.2 Å². The Morgan fingerprint density at radius 2 is 2.00 bits per heavy atom. The number of amides is 1. The molecular formula is C19H21F2NO. The molecule has 1 amide bonds. The number of rotatable bonds is 4. The lowest BCUT2D eigenvalue weighted by atomic mass is 9.95. The Bertz CT molecular complexity index is 705. The summed E-state index contributed by atoms with van der Waals surface area (Å²) in [6.45, 7) is 1.78. The third-order valence-electron chi connectivity index (χ3n) is 6.31. The van der Waals surface area contributed by atoms with Crippen LogP contribution < -0.4 is 4.90 Å². The summed E-state index contributed by atoms with van der Waals surface area (Å²) < 4.78 is 28.7. The van der Waals surface area contributed by atoms with Gasteiger partial charge in [0.1, 0.15) is 0 Å². The minimum Gasteiger partial charge on any atom is -0.305 e. The second kappa shape index (κ2) is 4.14. The molecule has 1 spiro atoms. The molecule has 0 unspecified atom stereocenters. The zero-order chi connectivity index (χ0) is 16.0. The van der Waals surface area contributed by atoms with Crippen molar-refractivity contribution in [2.45, 2.75) is 56.3 Å². The summed E-state index contributed by atoms with van der Waals surface area (Å²) in [6.07, 6.45) is 3.96. The third kappa shape index (κ3) is 1.93. The van der Waals surface area contributed by atoms with Gasteiger partial charge in [-0.1, -0.05) is 19.1 Å². The minimum absolute atomic E-state index is 0.0891. The van der Waals surface area contributed by atoms with E-state index in [0.29, 0.717) is 24.7 Å². The van der Waals surface area contributed by atoms with E-state index in [2.05, 4.69) is 13.0 Å². The Morgan fingerprint density at radius 1 is 1.30 bits per heavy atom. The molecule has 5 rings (SSSR count). The molecule has 0 bridgehead atoms. The molecule has 3 fully saturated rings. The highest BCUT2D eigenvalue weighted by atomic mass is 19.3. The average molecular weight is 317 g/mol. The Kier molecular flexibility index (Phi) is 2.51. The molecule has 1 heterocycles. The molecule has 0 saturated heterocycles. The summed E-state index contributed by atoms with van der Waals surface area (Å²) in [7, 11) is 0. The maximum atomic E-state index is 14.3. The first-order valence-electron chi connectivity index (χ1n) is 8.77. The summed E-state index contributed by atoms with van der Waals surface area (Å²) in [5, 5.41) is 0. The topological polar surface area (TPSA) is 20.3 Å². The Balaban J connectivity index is 1.53. The molecule has 3 aliphatic carbocycles. The van der Waals surface area contributed by atoms with Crippen LogP contribution in [0.4, 0.5) is 14.5 Å². The second-order valence-electron chi connectivity index (χ2n) is 8.10. The van der Waals surface area contributed by atoms with Gasteiger partial charge in [-0.15, -0.1) is 0 Å². The van der Waals surface area contributed by atoms with E-state index in [0.717, 1.165) is 30.5 Å². The van der Waals surface area contributed by atoms with Crippen LogP contribution in [0.25, 0.3) is 0 Å². The van der Waals surface area contributed by atoms with Crippen molar-refractivity contribution >= 4 is 11.6 Å². The second-order valence-corrected chi connectivity index (χ2v) is 8.10. The fraction of sp³-hybridized carbons (Fsp3) is 0.632. The van der Waals surface area contributed by atoms with E-state index in [-0.39, 0.29) is 5.91 Å². The lowest BCUT2D eigenvalue weighted by Gasteiger charge is -2.25. The molecule has 1 aromatic carbocycles. The lowest BCUT2D eigenvalue weighted by molar-refractivity contribution is -0.121. The van der Waals surface area contributed by atoms with Gasteiger partial charge in [0.2, 0.25) is 5.91 Å². The molecule has 0 N–H and O–H groups in total. The number of benzene rings is 1. The number of halogens is 2. The summed E-state index contributed by atoms with van der Waals surface area (Å²) in [4.78, 5) is 14.2. The molecule has 23 heavy (non-hydrogen) atoms. The maximum absolute atomic E-state index is 14.3. The predicted molar refractivity (Wildman–Crippen MR) is 83.9 cm³/mol. The monoisotopic (exact) mass is 317 g/mol. The quantitative estimate of drug-likeness (QED) is 0.813. The van der Waals surface area contributed by atoms with Gasteiger partial charge in [0.25, 0.3) is 5.92 Å². The molecule has 4 heteroatoms. The summed E-state index contributed by atoms with van der Waals surface area (Å²) in [5.74, 6) is -2.16. The molecule has 122 valence electrons. The minimum atomic E-state index is -2.75. The third-order valence-corrected chi connectivity index (χ3v) is 6.31. The van der Waals surface area contributed by atoms with Crippen molar-refractivity contribution in [3.05, 3.63) is 29.3 Å². The van der Waals surface area contributed by atoms with Gasteiger partial charge in [-0.25, -0.2) is 8.78 Å². The fourth-order valence-corrected chi connectivity index (χ4v) is 4.29. The van der Waals surface area contributed by atoms with Crippen molar-refractivity contribution < 1.29 is 13.6 Å². The van der Waals surface area contributed by atoms with Crippen LogP contribution in [0.3, 0.4) is 0 Å². The summed E-state index contributed by atoms with van der Waals surface area (Å²) in [6, 6.07) is 6.18. The van der Waals surface area contributed by atoms with Crippen LogP contribution in [-0.4, -0.2) is 18.4 Å². The molecule has 4 aliphatic rings. The van der Waals surface area contributed by atoms with E-state index in [1.165, 1.54) is 10.5 Å². The zero-order valence-electron chi connectivity index (χ0n) is 13.3. The Labute approximate surface area is 134 Å². The lowest BCUT2D eigenvalue weighted by Crippen LogP contribution is -2.42. The van der Waals surface area contributed by atoms with E-state index in [9.17, 15) is 13.6 Å². The number of fused-ring (bicyclic) bond motifs is 2. The van der Waals surface area contributed by atoms with E-state index in [1.807, 2.05) is 12.1 Å². The predicted octanol–water partition coefficient (Wildman–Crippen LogP) is 4.23. The molecular weight excluding hydrogens is 296 g/mol. The molecule has 1 aromatic rings. The highest BCUT2D eigenvalue weighted by molar-refractivity contribution is 6.10. The van der Waals surface area contributed by atoms with Crippen molar-refractivity contribution in [3.63, 3.8) is 0 Å². The normalized spacial score (nSPS) is 30.7. The van der Waals surface area contributed by atoms with Crippen LogP contribution >= 0.6 is 0 Å². The van der Waals surface area contributed by atoms with Gasteiger partial charge in [-0.3, -0.25) is 4.79 Å². The zero-order valence-corrected chi connectivity index (χ0v) is 13.3. The maximum Gasteiger partial charge on any atom is 0.268 e. The number of hydrogen-bond acceptors (Lipinski definition) is 1. The molecule has 1 aliphatic heterocycles. The van der Waals surface area contributed by atoms with Gasteiger partial charge >= 0.3 is 0 Å². The van der Waals surface area contributed by atoms with Crippen LogP contribution in [0.1, 0.15) is 56.1 Å². The Morgan fingerprint density at radius 3 is 2.57 bits per heavy atom. The fourth-order valence-electron chi connectivity index (χ4n) is 4.29. The van der Waals surface area contributed by atoms with Crippen molar-refractivity contribution in [1.29, 1.82) is 0 Å². The first kappa shape index (κ1) is 13.9. The van der Waals surface area contributed by atoms with Crippen molar-refractivity contribution in [2.24, 2.45) is 11.8 Å². The van der Waals surface area contributed by atoms with Gasteiger partial charge in [0.05, 0.1) is 12.0 Å². The first-order chi connectivity index (χ1) is 10.9. The summed E-state index contributed by atoms with van der Waals surface area (Å²) >= 11 is 0. The smallest absolute Gasteiger partial charge is 0.268 e. The van der Waals surface area contributed by atoms with Gasteiger partial charge in [-0.05, 0) is 61.1 Å². The van der Waals surface area contributed by atoms with Gasteiger partial charge in [-0.2, -0.15) is 0 Å². The van der Waals surface area contributed by atoms with Crippen LogP contribution in [0.2, 0.25) is 0 Å². The van der Waals surface area contributed by atoms with E-state index < -0.39 is 23.8 Å². The Hall–Kier alpha value is -1.45. The van der Waals surface area contributed by atoms with E-state index in [4.69, 9.17) is 0 Å². The van der Waals surface area contributed by atoms with Crippen molar-refractivity contribution in [2.75, 3.05) is 11.4 Å². The summed E-state index contributed by atoms with van der Waals surface area (Å²) in [5.41, 5.74) is 2.50. The van der Waals surface area contributed by atoms with E-state index in [1.54, 1.807) is 0 Å². The van der Waals surface area contributed by atoms with Gasteiger partial charge in [0.15, 0.2) is 0 Å². The first-order valence-corrected chi connectivity index (χ1v) is 8.77. The van der Waals surface area contributed by atoms with Gasteiger partial charge in [0, 0.05) is 11.6 Å². The van der Waals surface area contributed by atoms with Crippen molar-refractivity contribution in [3.8, 4) is 0 Å². The molecule has 3 saturated carbocycles.